The molecule has 3 rings (SSSR count). The van der Waals surface area contributed by atoms with Crippen molar-refractivity contribution >= 4 is 21.7 Å². The Morgan fingerprint density at radius 1 is 1.26 bits per heavy atom. The van der Waals surface area contributed by atoms with Gasteiger partial charge >= 0.3 is 0 Å². The summed E-state index contributed by atoms with van der Waals surface area (Å²) < 4.78 is 26.0. The lowest BCUT2D eigenvalue weighted by molar-refractivity contribution is -0.120. The second kappa shape index (κ2) is 9.19. The molecule has 2 aliphatic rings. The lowest BCUT2D eigenvalue weighted by atomic mass is 9.86. The number of sulfonamides is 1. The normalized spacial score (nSPS) is 22.6. The zero-order chi connectivity index (χ0) is 19.3. The first-order valence-electron chi connectivity index (χ1n) is 10.3. The van der Waals surface area contributed by atoms with Crippen LogP contribution in [0.25, 0.3) is 0 Å². The summed E-state index contributed by atoms with van der Waals surface area (Å²) in [5.41, 5.74) is 1.06. The third kappa shape index (κ3) is 5.54. The van der Waals surface area contributed by atoms with Gasteiger partial charge in [0.05, 0.1) is 11.7 Å². The Balaban J connectivity index is 1.54. The first-order chi connectivity index (χ1) is 13.0. The third-order valence-corrected chi connectivity index (χ3v) is 7.77. The van der Waals surface area contributed by atoms with Gasteiger partial charge in [-0.1, -0.05) is 39.0 Å². The molecule has 0 radical (unpaired) electrons. The Morgan fingerprint density at radius 2 is 2.04 bits per heavy atom. The first-order valence-corrected chi connectivity index (χ1v) is 11.9. The van der Waals surface area contributed by atoms with E-state index in [4.69, 9.17) is 0 Å². The van der Waals surface area contributed by atoms with Gasteiger partial charge in [-0.25, -0.2) is 12.7 Å². The van der Waals surface area contributed by atoms with Gasteiger partial charge in [0.25, 0.3) is 0 Å². The van der Waals surface area contributed by atoms with Crippen molar-refractivity contribution in [3.63, 3.8) is 0 Å². The minimum Gasteiger partial charge on any atom is -0.309 e. The number of amides is 1. The molecule has 1 aliphatic heterocycles. The highest BCUT2D eigenvalue weighted by Gasteiger charge is 2.32. The Kier molecular flexibility index (Phi) is 6.92. The number of rotatable bonds is 7. The van der Waals surface area contributed by atoms with Crippen LogP contribution in [-0.2, 0) is 21.2 Å². The van der Waals surface area contributed by atoms with Crippen molar-refractivity contribution in [2.75, 3.05) is 24.2 Å². The zero-order valence-corrected chi connectivity index (χ0v) is 17.1. The molecular formula is C19H32N4O3S. The Labute approximate surface area is 162 Å². The maximum absolute atomic E-state index is 12.6. The molecule has 1 saturated carbocycles. The summed E-state index contributed by atoms with van der Waals surface area (Å²) >= 11 is 0. The minimum atomic E-state index is -3.25. The van der Waals surface area contributed by atoms with Gasteiger partial charge in [-0.2, -0.15) is 5.10 Å². The smallest absolute Gasteiger partial charge is 0.230 e. The summed E-state index contributed by atoms with van der Waals surface area (Å²) in [6.45, 7) is 2.64. The van der Waals surface area contributed by atoms with Crippen molar-refractivity contribution in [2.45, 2.75) is 64.7 Å². The van der Waals surface area contributed by atoms with Crippen LogP contribution in [0.1, 0.15) is 64.0 Å². The summed E-state index contributed by atoms with van der Waals surface area (Å²) in [5, 5.41) is 10.1. The lowest BCUT2D eigenvalue weighted by Gasteiger charge is -2.31. The van der Waals surface area contributed by atoms with Gasteiger partial charge in [0, 0.05) is 24.8 Å². The highest BCUT2D eigenvalue weighted by Crippen LogP contribution is 2.27. The predicted molar refractivity (Wildman–Crippen MR) is 106 cm³/mol. The van der Waals surface area contributed by atoms with Gasteiger partial charge in [0.1, 0.15) is 0 Å². The van der Waals surface area contributed by atoms with Crippen LogP contribution < -0.4 is 5.32 Å². The average molecular weight is 397 g/mol. The van der Waals surface area contributed by atoms with Crippen LogP contribution in [0, 0.1) is 11.8 Å². The average Bonchev–Trinajstić information content (AvgIpc) is 3.09. The Morgan fingerprint density at radius 3 is 2.78 bits per heavy atom. The monoisotopic (exact) mass is 396 g/mol. The molecule has 0 bridgehead atoms. The molecule has 1 amide bonds. The summed E-state index contributed by atoms with van der Waals surface area (Å²) in [5.74, 6) is 0.939. The lowest BCUT2D eigenvalue weighted by Crippen LogP contribution is -2.44. The van der Waals surface area contributed by atoms with Crippen molar-refractivity contribution in [2.24, 2.45) is 11.8 Å². The van der Waals surface area contributed by atoms with Gasteiger partial charge in [-0.15, -0.1) is 0 Å². The number of nitrogens with zero attached hydrogens (tertiary/aromatic N) is 2. The van der Waals surface area contributed by atoms with E-state index in [1.165, 1.54) is 36.4 Å². The Hall–Kier alpha value is -1.41. The number of carbonyl (C=O) groups excluding carboxylic acids is 1. The van der Waals surface area contributed by atoms with Gasteiger partial charge in [-0.05, 0) is 31.6 Å². The number of aromatic nitrogens is 2. The largest absolute Gasteiger partial charge is 0.309 e. The molecule has 1 saturated heterocycles. The van der Waals surface area contributed by atoms with E-state index in [0.29, 0.717) is 37.5 Å². The van der Waals surface area contributed by atoms with Crippen molar-refractivity contribution in [1.29, 1.82) is 0 Å². The van der Waals surface area contributed by atoms with Crippen LogP contribution in [0.3, 0.4) is 0 Å². The van der Waals surface area contributed by atoms with Crippen LogP contribution in [0.2, 0.25) is 0 Å². The van der Waals surface area contributed by atoms with Crippen molar-refractivity contribution in [3.05, 3.63) is 11.8 Å². The van der Waals surface area contributed by atoms with Crippen LogP contribution >= 0.6 is 0 Å². The van der Waals surface area contributed by atoms with Gasteiger partial charge in [0.15, 0.2) is 5.82 Å². The van der Waals surface area contributed by atoms with Crippen LogP contribution in [0.5, 0.6) is 0 Å². The van der Waals surface area contributed by atoms with Crippen LogP contribution in [0.4, 0.5) is 5.82 Å². The van der Waals surface area contributed by atoms with E-state index in [0.717, 1.165) is 12.1 Å². The molecule has 0 spiro atoms. The SMILES string of the molecule is CCCS(=O)(=O)N1CCCC(C(=O)Nc2cc(CC3CCCCC3)[nH]n2)C1. The van der Waals surface area contributed by atoms with E-state index in [1.54, 1.807) is 0 Å². The summed E-state index contributed by atoms with van der Waals surface area (Å²) in [4.78, 5) is 12.6. The second-order valence-electron chi connectivity index (χ2n) is 7.99. The van der Waals surface area contributed by atoms with E-state index in [1.807, 2.05) is 13.0 Å². The van der Waals surface area contributed by atoms with Gasteiger partial charge in [-0.3, -0.25) is 9.89 Å². The van der Waals surface area contributed by atoms with Crippen molar-refractivity contribution in [3.8, 4) is 0 Å². The van der Waals surface area contributed by atoms with E-state index in [9.17, 15) is 13.2 Å². The molecule has 2 N–H and O–H groups in total. The van der Waals surface area contributed by atoms with Crippen LogP contribution in [0.15, 0.2) is 6.07 Å². The second-order valence-corrected chi connectivity index (χ2v) is 10.1. The number of aromatic amines is 1. The first kappa shape index (κ1) is 20.3. The fourth-order valence-electron chi connectivity index (χ4n) is 4.26. The fourth-order valence-corrected chi connectivity index (χ4v) is 5.85. The molecule has 1 aliphatic carbocycles. The molecule has 152 valence electrons. The summed E-state index contributed by atoms with van der Waals surface area (Å²) in [7, 11) is -3.25. The number of piperidine rings is 1. The van der Waals surface area contributed by atoms with E-state index in [2.05, 4.69) is 15.5 Å². The van der Waals surface area contributed by atoms with Gasteiger partial charge < -0.3 is 5.32 Å². The summed E-state index contributed by atoms with van der Waals surface area (Å²) in [6.07, 6.45) is 9.49. The van der Waals surface area contributed by atoms with E-state index in [-0.39, 0.29) is 24.1 Å². The number of hydrogen-bond acceptors (Lipinski definition) is 4. The molecule has 2 fully saturated rings. The quantitative estimate of drug-likeness (QED) is 0.741. The highest BCUT2D eigenvalue weighted by molar-refractivity contribution is 7.89. The third-order valence-electron chi connectivity index (χ3n) is 5.73. The molecule has 0 aromatic carbocycles. The number of H-pyrrole nitrogens is 1. The maximum Gasteiger partial charge on any atom is 0.230 e. The van der Waals surface area contributed by atoms with Crippen molar-refractivity contribution in [1.82, 2.24) is 14.5 Å². The predicted octanol–water partition coefficient (Wildman–Crippen LogP) is 2.92. The number of carbonyl (C=O) groups is 1. The molecular weight excluding hydrogens is 364 g/mol. The molecule has 1 aromatic heterocycles. The van der Waals surface area contributed by atoms with Crippen LogP contribution in [-0.4, -0.2) is 47.7 Å². The maximum atomic E-state index is 12.6. The number of anilines is 1. The minimum absolute atomic E-state index is 0.137. The summed E-state index contributed by atoms with van der Waals surface area (Å²) in [6, 6.07) is 1.92. The topological polar surface area (TPSA) is 95.2 Å². The molecule has 1 unspecified atom stereocenters. The highest BCUT2D eigenvalue weighted by atomic mass is 32.2. The fraction of sp³-hybridized carbons (Fsp3) is 0.789. The number of hydrogen-bond donors (Lipinski definition) is 2. The zero-order valence-electron chi connectivity index (χ0n) is 16.2. The Bertz CT molecular complexity index is 725. The molecule has 7 nitrogen and oxygen atoms in total. The molecule has 2 heterocycles. The molecule has 1 atom stereocenters. The molecule has 27 heavy (non-hydrogen) atoms. The number of nitrogens with one attached hydrogen (secondary N) is 2. The standard InChI is InChI=1S/C19H32N4O3S/c1-2-11-27(25,26)23-10-6-9-16(14-23)19(24)20-18-13-17(21-22-18)12-15-7-4-3-5-8-15/h13,15-16H,2-12,14H2,1H3,(H2,20,21,22,24). The van der Waals surface area contributed by atoms with Gasteiger partial charge in [0.2, 0.25) is 15.9 Å². The van der Waals surface area contributed by atoms with E-state index < -0.39 is 10.0 Å². The van der Waals surface area contributed by atoms with Crippen molar-refractivity contribution < 1.29 is 13.2 Å². The molecule has 8 heteroatoms. The molecule has 1 aromatic rings. The van der Waals surface area contributed by atoms with E-state index >= 15 is 0 Å².